The van der Waals surface area contributed by atoms with Crippen LogP contribution in [0.25, 0.3) is 33.1 Å². The summed E-state index contributed by atoms with van der Waals surface area (Å²) in [5, 5.41) is 4.41. The molecule has 0 aliphatic heterocycles. The molecule has 4 aromatic rings. The van der Waals surface area contributed by atoms with Gasteiger partial charge < -0.3 is 9.40 Å². The van der Waals surface area contributed by atoms with E-state index in [-0.39, 0.29) is 17.0 Å². The van der Waals surface area contributed by atoms with Crippen LogP contribution in [0.1, 0.15) is 39.3 Å². The fraction of sp³-hybridized carbons (Fsp3) is 0.368. The number of fused-ring (bicyclic) bond motifs is 4. The molecule has 0 aliphatic rings. The van der Waals surface area contributed by atoms with Crippen LogP contribution in [0.2, 0.25) is 0 Å². The number of pyridine rings is 1. The van der Waals surface area contributed by atoms with Crippen LogP contribution in [-0.2, 0) is 6.42 Å². The van der Waals surface area contributed by atoms with Crippen molar-refractivity contribution in [2.45, 2.75) is 40.2 Å². The first-order chi connectivity index (χ1) is 11.9. The molecular weight excluding hydrogens is 318 g/mol. The molecule has 0 amide bonds. The van der Waals surface area contributed by atoms with Gasteiger partial charge in [0.05, 0.1) is 10.9 Å². The van der Waals surface area contributed by atoms with Gasteiger partial charge >= 0.3 is 0 Å². The van der Waals surface area contributed by atoms with Crippen LogP contribution < -0.4 is 11.0 Å². The highest BCUT2D eigenvalue weighted by Crippen LogP contribution is 2.33. The molecule has 0 unspecified atom stereocenters. The first-order valence-corrected chi connectivity index (χ1v) is 8.58. The third-order valence-corrected chi connectivity index (χ3v) is 4.54. The highest BCUT2D eigenvalue weighted by Gasteiger charge is 2.21. The molecule has 0 atom stereocenters. The van der Waals surface area contributed by atoms with Gasteiger partial charge in [0, 0.05) is 23.1 Å². The number of H-pyrrole nitrogens is 2. The number of aromatic nitrogens is 3. The summed E-state index contributed by atoms with van der Waals surface area (Å²) in [4.78, 5) is 27.7. The first kappa shape index (κ1) is 15.7. The van der Waals surface area contributed by atoms with Crippen molar-refractivity contribution >= 4 is 33.1 Å². The van der Waals surface area contributed by atoms with Crippen LogP contribution in [0.15, 0.2) is 32.2 Å². The van der Waals surface area contributed by atoms with Gasteiger partial charge in [-0.05, 0) is 38.3 Å². The van der Waals surface area contributed by atoms with Crippen molar-refractivity contribution in [1.82, 2.24) is 14.8 Å². The number of hydrogen-bond donors (Lipinski definition) is 2. The Kier molecular flexibility index (Phi) is 3.39. The molecule has 4 rings (SSSR count). The van der Waals surface area contributed by atoms with Crippen molar-refractivity contribution in [3.8, 4) is 0 Å². The lowest BCUT2D eigenvalue weighted by Crippen LogP contribution is -2.08. The van der Waals surface area contributed by atoms with E-state index in [1.165, 1.54) is 12.1 Å². The van der Waals surface area contributed by atoms with E-state index in [0.29, 0.717) is 22.5 Å². The van der Waals surface area contributed by atoms with E-state index in [2.05, 4.69) is 23.9 Å². The Morgan fingerprint density at radius 3 is 2.60 bits per heavy atom. The molecule has 6 nitrogen and oxygen atoms in total. The van der Waals surface area contributed by atoms with Gasteiger partial charge in [-0.1, -0.05) is 13.8 Å². The zero-order valence-electron chi connectivity index (χ0n) is 14.8. The van der Waals surface area contributed by atoms with Gasteiger partial charge in [-0.2, -0.15) is 0 Å². The zero-order valence-corrected chi connectivity index (χ0v) is 14.8. The molecule has 0 aliphatic carbocycles. The smallest absolute Gasteiger partial charge is 0.274 e. The Hall–Kier alpha value is -2.76. The van der Waals surface area contributed by atoms with E-state index in [9.17, 15) is 9.59 Å². The Morgan fingerprint density at radius 1 is 1.16 bits per heavy atom. The molecule has 6 heteroatoms. The minimum Gasteiger partial charge on any atom is -0.454 e. The number of benzene rings is 1. The zero-order chi connectivity index (χ0) is 17.9. The van der Waals surface area contributed by atoms with E-state index in [4.69, 9.17) is 4.42 Å². The molecule has 2 N–H and O–H groups in total. The van der Waals surface area contributed by atoms with Gasteiger partial charge in [-0.25, -0.2) is 0 Å². The standard InChI is InChI=1S/C19H21N3O3/c1-9(2)7-13-15-18(22(10(3)4)21-19(15)24)20-16-12-6-5-11(23)8-14(12)25-17(13)16/h5-6,8-10,20H,7H2,1-4H3,(H,21,24). The summed E-state index contributed by atoms with van der Waals surface area (Å²) in [7, 11) is 0. The average molecular weight is 339 g/mol. The summed E-state index contributed by atoms with van der Waals surface area (Å²) in [6.45, 7) is 8.26. The fourth-order valence-electron chi connectivity index (χ4n) is 3.49. The van der Waals surface area contributed by atoms with Crippen molar-refractivity contribution in [3.63, 3.8) is 0 Å². The largest absolute Gasteiger partial charge is 0.454 e. The van der Waals surface area contributed by atoms with Gasteiger partial charge in [-0.3, -0.25) is 19.4 Å². The van der Waals surface area contributed by atoms with E-state index < -0.39 is 0 Å². The summed E-state index contributed by atoms with van der Waals surface area (Å²) in [6.07, 6.45) is 0.719. The maximum absolute atomic E-state index is 12.6. The van der Waals surface area contributed by atoms with E-state index in [1.807, 2.05) is 18.5 Å². The molecule has 0 fully saturated rings. The number of rotatable bonds is 3. The predicted molar refractivity (Wildman–Crippen MR) is 99.4 cm³/mol. The van der Waals surface area contributed by atoms with E-state index >= 15 is 0 Å². The Balaban J connectivity index is 2.24. The molecule has 3 heterocycles. The van der Waals surface area contributed by atoms with Crippen molar-refractivity contribution in [2.75, 3.05) is 0 Å². The van der Waals surface area contributed by atoms with Crippen LogP contribution in [0.3, 0.4) is 0 Å². The molecule has 3 aromatic heterocycles. The van der Waals surface area contributed by atoms with Crippen molar-refractivity contribution in [3.05, 3.63) is 44.3 Å². The highest BCUT2D eigenvalue weighted by molar-refractivity contribution is 6.07. The Bertz CT molecular complexity index is 1220. The second-order valence-electron chi connectivity index (χ2n) is 7.29. The third-order valence-electron chi connectivity index (χ3n) is 4.54. The molecule has 0 saturated heterocycles. The molecule has 0 radical (unpaired) electrons. The summed E-state index contributed by atoms with van der Waals surface area (Å²) >= 11 is 0. The number of nitrogens with one attached hydrogen (secondary N) is 2. The number of nitrogens with zero attached hydrogens (tertiary/aromatic N) is 1. The van der Waals surface area contributed by atoms with Crippen LogP contribution in [0.5, 0.6) is 0 Å². The second kappa shape index (κ2) is 5.37. The summed E-state index contributed by atoms with van der Waals surface area (Å²) in [6, 6.07) is 4.91. The molecule has 0 saturated carbocycles. The van der Waals surface area contributed by atoms with Gasteiger partial charge in [0.25, 0.3) is 5.56 Å². The van der Waals surface area contributed by atoms with Gasteiger partial charge in [-0.15, -0.1) is 0 Å². The average Bonchev–Trinajstić information content (AvgIpc) is 3.05. The highest BCUT2D eigenvalue weighted by atomic mass is 16.3. The fourth-order valence-corrected chi connectivity index (χ4v) is 3.49. The minimum absolute atomic E-state index is 0.0916. The lowest BCUT2D eigenvalue weighted by atomic mass is 10.00. The van der Waals surface area contributed by atoms with Crippen molar-refractivity contribution < 1.29 is 4.42 Å². The lowest BCUT2D eigenvalue weighted by Gasteiger charge is -2.11. The predicted octanol–water partition coefficient (Wildman–Crippen LogP) is 3.70. The van der Waals surface area contributed by atoms with Gasteiger partial charge in [0.15, 0.2) is 11.0 Å². The van der Waals surface area contributed by atoms with Gasteiger partial charge in [0.1, 0.15) is 11.2 Å². The topological polar surface area (TPSA) is 83.8 Å². The normalized spacial score (nSPS) is 12.4. The molecule has 25 heavy (non-hydrogen) atoms. The maximum Gasteiger partial charge on any atom is 0.274 e. The van der Waals surface area contributed by atoms with Crippen molar-refractivity contribution in [2.24, 2.45) is 5.92 Å². The third kappa shape index (κ3) is 2.32. The Morgan fingerprint density at radius 2 is 1.92 bits per heavy atom. The second-order valence-corrected chi connectivity index (χ2v) is 7.29. The molecule has 0 spiro atoms. The van der Waals surface area contributed by atoms with Crippen LogP contribution in [-0.4, -0.2) is 14.8 Å². The van der Waals surface area contributed by atoms with Gasteiger partial charge in [0.2, 0.25) is 0 Å². The maximum atomic E-state index is 12.6. The SMILES string of the molecule is CC(C)Cc1c2oc3cc(=O)ccc3c2[nH]c2c1c(=O)[nH]n2C(C)C. The monoisotopic (exact) mass is 339 g/mol. The van der Waals surface area contributed by atoms with E-state index in [1.54, 1.807) is 6.07 Å². The minimum atomic E-state index is -0.123. The molecule has 0 bridgehead atoms. The van der Waals surface area contributed by atoms with Crippen LogP contribution >= 0.6 is 0 Å². The first-order valence-electron chi connectivity index (χ1n) is 8.58. The number of furan rings is 1. The lowest BCUT2D eigenvalue weighted by molar-refractivity contribution is 0.542. The summed E-state index contributed by atoms with van der Waals surface area (Å²) in [5.41, 5.74) is 3.47. The van der Waals surface area contributed by atoms with E-state index in [0.717, 1.165) is 28.5 Å². The van der Waals surface area contributed by atoms with Crippen LogP contribution in [0, 0.1) is 5.92 Å². The Labute approximate surface area is 143 Å². The number of hydrogen-bond acceptors (Lipinski definition) is 3. The van der Waals surface area contributed by atoms with Crippen LogP contribution in [0.4, 0.5) is 0 Å². The molecular formula is C19H21N3O3. The molecule has 1 aromatic carbocycles. The quantitative estimate of drug-likeness (QED) is 0.597. The molecule has 130 valence electrons. The number of aromatic amines is 2. The summed E-state index contributed by atoms with van der Waals surface area (Å²) < 4.78 is 7.85. The van der Waals surface area contributed by atoms with Crippen molar-refractivity contribution in [1.29, 1.82) is 0 Å². The summed E-state index contributed by atoms with van der Waals surface area (Å²) in [5.74, 6) is 0.360.